The van der Waals surface area contributed by atoms with Crippen LogP contribution in [0.1, 0.15) is 11.1 Å². The fraction of sp³-hybridized carbons (Fsp3) is 0.125. The van der Waals surface area contributed by atoms with E-state index in [4.69, 9.17) is 10.00 Å². The molecule has 2 aromatic carbocycles. The van der Waals surface area contributed by atoms with Gasteiger partial charge in [0.15, 0.2) is 0 Å². The van der Waals surface area contributed by atoms with E-state index in [0.29, 0.717) is 28.3 Å². The number of alkyl halides is 1. The molecule has 1 N–H and O–H groups in total. The van der Waals surface area contributed by atoms with Crippen LogP contribution >= 0.6 is 0 Å². The Morgan fingerprint density at radius 3 is 2.58 bits per heavy atom. The molecule has 0 amide bonds. The summed E-state index contributed by atoms with van der Waals surface area (Å²) in [6, 6.07) is 14.0. The van der Waals surface area contributed by atoms with Gasteiger partial charge in [-0.05, 0) is 36.4 Å². The molecule has 4 rings (SSSR count). The third-order valence-corrected chi connectivity index (χ3v) is 5.06. The Balaban J connectivity index is 1.71. The lowest BCUT2D eigenvalue weighted by atomic mass is 10.1. The van der Waals surface area contributed by atoms with E-state index >= 15 is 0 Å². The van der Waals surface area contributed by atoms with Crippen LogP contribution in [0.5, 0.6) is 5.75 Å². The number of aryl methyl sites for hydroxylation is 1. The molecule has 0 atom stereocenters. The fourth-order valence-corrected chi connectivity index (χ4v) is 3.39. The first kappa shape index (κ1) is 21.8. The molecule has 0 aliphatic rings. The van der Waals surface area contributed by atoms with Gasteiger partial charge in [0.1, 0.15) is 11.6 Å². The van der Waals surface area contributed by atoms with Crippen LogP contribution in [-0.2, 0) is 13.6 Å². The number of pyridine rings is 1. The van der Waals surface area contributed by atoms with Gasteiger partial charge in [-0.1, -0.05) is 6.07 Å². The average molecular weight is 447 g/mol. The molecule has 33 heavy (non-hydrogen) atoms. The zero-order chi connectivity index (χ0) is 23.4. The lowest BCUT2D eigenvalue weighted by molar-refractivity contribution is 0.192. The summed E-state index contributed by atoms with van der Waals surface area (Å²) in [5.41, 5.74) is 2.79. The summed E-state index contributed by atoms with van der Waals surface area (Å²) in [5.74, 6) is -0.155. The van der Waals surface area contributed by atoms with Crippen LogP contribution in [0.2, 0.25) is 0 Å². The van der Waals surface area contributed by atoms with Crippen LogP contribution < -0.4 is 15.6 Å². The van der Waals surface area contributed by atoms with E-state index in [9.17, 15) is 13.6 Å². The Labute approximate surface area is 188 Å². The molecular weight excluding hydrogens is 428 g/mol. The summed E-state index contributed by atoms with van der Waals surface area (Å²) in [7, 11) is 1.78. The summed E-state index contributed by atoms with van der Waals surface area (Å²) in [4.78, 5) is 12.9. The average Bonchev–Trinajstić information content (AvgIpc) is 3.25. The van der Waals surface area contributed by atoms with E-state index < -0.39 is 12.7 Å². The van der Waals surface area contributed by atoms with E-state index in [1.54, 1.807) is 54.6 Å². The number of benzene rings is 2. The number of rotatable bonds is 7. The second-order valence-electron chi connectivity index (χ2n) is 7.23. The molecule has 2 aromatic heterocycles. The first-order chi connectivity index (χ1) is 16.0. The van der Waals surface area contributed by atoms with Crippen LogP contribution in [0.3, 0.4) is 0 Å². The molecule has 9 heteroatoms. The summed E-state index contributed by atoms with van der Waals surface area (Å²) < 4.78 is 34.6. The zero-order valence-electron chi connectivity index (χ0n) is 17.6. The van der Waals surface area contributed by atoms with Gasteiger partial charge >= 0.3 is 0 Å². The molecule has 0 bridgehead atoms. The van der Waals surface area contributed by atoms with Crippen molar-refractivity contribution in [3.63, 3.8) is 0 Å². The smallest absolute Gasteiger partial charge is 0.257 e. The van der Waals surface area contributed by atoms with Crippen LogP contribution in [0.4, 0.5) is 14.5 Å². The van der Waals surface area contributed by atoms with Crippen LogP contribution in [0, 0.1) is 17.1 Å². The van der Waals surface area contributed by atoms with Gasteiger partial charge in [-0.15, -0.1) is 0 Å². The molecule has 2 heterocycles. The molecule has 4 aromatic rings. The number of halogens is 2. The standard InChI is InChI=1S/C24H19F2N5O2/c1-30-13-18(12-29-30)21-14-31(19-4-6-20(7-5-19)33-15-25)24(32)9-23(21)28-11-17-3-2-16(10-27)8-22(17)26/h2-9,12-14,28H,11,15H2,1H3. The van der Waals surface area contributed by atoms with Crippen molar-refractivity contribution in [2.24, 2.45) is 7.05 Å². The van der Waals surface area contributed by atoms with Crippen molar-refractivity contribution < 1.29 is 13.5 Å². The highest BCUT2D eigenvalue weighted by molar-refractivity contribution is 5.76. The summed E-state index contributed by atoms with van der Waals surface area (Å²) in [6.45, 7) is -0.825. The molecule has 0 unspecified atom stereocenters. The quantitative estimate of drug-likeness (QED) is 0.460. The lowest BCUT2D eigenvalue weighted by Crippen LogP contribution is -2.19. The highest BCUT2D eigenvalue weighted by Crippen LogP contribution is 2.28. The molecule has 0 radical (unpaired) electrons. The van der Waals surface area contributed by atoms with Crippen LogP contribution in [-0.4, -0.2) is 21.2 Å². The molecule has 0 aliphatic heterocycles. The number of anilines is 1. The number of nitrogens with one attached hydrogen (secondary N) is 1. The Morgan fingerprint density at radius 2 is 1.94 bits per heavy atom. The highest BCUT2D eigenvalue weighted by atomic mass is 19.1. The Kier molecular flexibility index (Phi) is 6.17. The molecule has 7 nitrogen and oxygen atoms in total. The minimum absolute atomic E-state index is 0.115. The fourth-order valence-electron chi connectivity index (χ4n) is 3.39. The number of hydrogen-bond acceptors (Lipinski definition) is 5. The van der Waals surface area contributed by atoms with Crippen molar-refractivity contribution in [1.82, 2.24) is 14.3 Å². The summed E-state index contributed by atoms with van der Waals surface area (Å²) in [6.07, 6.45) is 5.13. The van der Waals surface area contributed by atoms with Crippen molar-refractivity contribution in [1.29, 1.82) is 5.26 Å². The van der Waals surface area contributed by atoms with Crippen molar-refractivity contribution >= 4 is 5.69 Å². The van der Waals surface area contributed by atoms with Crippen molar-refractivity contribution in [2.45, 2.75) is 6.54 Å². The number of ether oxygens (including phenoxy) is 1. The van der Waals surface area contributed by atoms with E-state index in [1.165, 1.54) is 28.8 Å². The largest absolute Gasteiger partial charge is 0.463 e. The second kappa shape index (κ2) is 9.36. The first-order valence-corrected chi connectivity index (χ1v) is 9.96. The minimum Gasteiger partial charge on any atom is -0.463 e. The second-order valence-corrected chi connectivity index (χ2v) is 7.23. The van der Waals surface area contributed by atoms with Gasteiger partial charge in [0.25, 0.3) is 5.56 Å². The summed E-state index contributed by atoms with van der Waals surface area (Å²) in [5, 5.41) is 16.2. The van der Waals surface area contributed by atoms with Crippen molar-refractivity contribution in [3.8, 4) is 28.6 Å². The molecule has 166 valence electrons. The van der Waals surface area contributed by atoms with Gasteiger partial charge in [-0.25, -0.2) is 8.78 Å². The van der Waals surface area contributed by atoms with Crippen molar-refractivity contribution in [3.05, 3.63) is 94.4 Å². The monoisotopic (exact) mass is 447 g/mol. The predicted molar refractivity (Wildman–Crippen MR) is 119 cm³/mol. The number of nitrogens with zero attached hydrogens (tertiary/aromatic N) is 4. The van der Waals surface area contributed by atoms with Crippen molar-refractivity contribution in [2.75, 3.05) is 12.2 Å². The Hall–Kier alpha value is -4.45. The molecule has 0 spiro atoms. The van der Waals surface area contributed by atoms with Gasteiger partial charge in [0.05, 0.1) is 17.8 Å². The third kappa shape index (κ3) is 4.75. The van der Waals surface area contributed by atoms with Gasteiger partial charge in [-0.3, -0.25) is 14.0 Å². The zero-order valence-corrected chi connectivity index (χ0v) is 17.6. The third-order valence-electron chi connectivity index (χ3n) is 5.06. The van der Waals surface area contributed by atoms with Gasteiger partial charge in [-0.2, -0.15) is 10.4 Å². The van der Waals surface area contributed by atoms with E-state index in [2.05, 4.69) is 10.4 Å². The lowest BCUT2D eigenvalue weighted by Gasteiger charge is -2.15. The Morgan fingerprint density at radius 1 is 1.15 bits per heavy atom. The maximum absolute atomic E-state index is 14.3. The molecule has 0 fully saturated rings. The topological polar surface area (TPSA) is 84.9 Å². The maximum atomic E-state index is 14.3. The molecule has 0 aliphatic carbocycles. The molecular formula is C24H19F2N5O2. The summed E-state index contributed by atoms with van der Waals surface area (Å²) >= 11 is 0. The van der Waals surface area contributed by atoms with E-state index in [-0.39, 0.29) is 17.7 Å². The predicted octanol–water partition coefficient (Wildman–Crippen LogP) is 4.17. The minimum atomic E-state index is -0.940. The van der Waals surface area contributed by atoms with Gasteiger partial charge < -0.3 is 10.1 Å². The molecule has 0 saturated heterocycles. The SMILES string of the molecule is Cn1cc(-c2cn(-c3ccc(OCF)cc3)c(=O)cc2NCc2ccc(C#N)cc2F)cn1. The number of aromatic nitrogens is 3. The Bertz CT molecular complexity index is 1390. The van der Waals surface area contributed by atoms with Gasteiger partial charge in [0, 0.05) is 60.1 Å². The van der Waals surface area contributed by atoms with E-state index in [0.717, 1.165) is 5.56 Å². The maximum Gasteiger partial charge on any atom is 0.257 e. The number of nitriles is 1. The van der Waals surface area contributed by atoms with Crippen LogP contribution in [0.15, 0.2) is 71.9 Å². The highest BCUT2D eigenvalue weighted by Gasteiger charge is 2.13. The molecule has 0 saturated carbocycles. The normalized spacial score (nSPS) is 10.6. The van der Waals surface area contributed by atoms with Gasteiger partial charge in [0.2, 0.25) is 6.86 Å². The van der Waals surface area contributed by atoms with E-state index in [1.807, 2.05) is 6.07 Å². The number of hydrogen-bond donors (Lipinski definition) is 1. The van der Waals surface area contributed by atoms with Crippen LogP contribution in [0.25, 0.3) is 16.8 Å². The first-order valence-electron chi connectivity index (χ1n) is 9.96.